The topological polar surface area (TPSA) is 104 Å². The number of amides is 1. The third-order valence-electron chi connectivity index (χ3n) is 2.33. The first-order valence-electron chi connectivity index (χ1n) is 5.60. The minimum atomic E-state index is -3.75. The molecule has 18 heavy (non-hydrogen) atoms. The largest absolute Gasteiger partial charge is 0.358 e. The van der Waals surface area contributed by atoms with Gasteiger partial charge in [-0.15, -0.1) is 0 Å². The maximum atomic E-state index is 11.9. The van der Waals surface area contributed by atoms with E-state index < -0.39 is 16.1 Å². The molecule has 7 nitrogen and oxygen atoms in total. The van der Waals surface area contributed by atoms with Gasteiger partial charge in [0.25, 0.3) is 10.0 Å². The Morgan fingerprint density at radius 2 is 2.17 bits per heavy atom. The van der Waals surface area contributed by atoms with Crippen LogP contribution in [0.4, 0.5) is 0 Å². The summed E-state index contributed by atoms with van der Waals surface area (Å²) in [6.45, 7) is 3.83. The summed E-state index contributed by atoms with van der Waals surface area (Å²) in [6, 6.07) is 0.543. The second-order valence-corrected chi connectivity index (χ2v) is 6.02. The third-order valence-corrected chi connectivity index (χ3v) is 3.73. The maximum Gasteiger partial charge on any atom is 0.258 e. The van der Waals surface area contributed by atoms with Gasteiger partial charge in [0.2, 0.25) is 5.91 Å². The molecule has 0 spiro atoms. The highest BCUT2D eigenvalue weighted by atomic mass is 32.2. The van der Waals surface area contributed by atoms with Gasteiger partial charge < -0.3 is 5.32 Å². The summed E-state index contributed by atoms with van der Waals surface area (Å²) >= 11 is 0. The fourth-order valence-corrected chi connectivity index (χ4v) is 2.62. The summed E-state index contributed by atoms with van der Waals surface area (Å²) in [6.07, 6.45) is 1.76. The van der Waals surface area contributed by atoms with Crippen molar-refractivity contribution >= 4 is 15.9 Å². The Morgan fingerprint density at radius 1 is 1.50 bits per heavy atom. The number of carbonyl (C=O) groups is 1. The molecule has 8 heteroatoms. The molecule has 1 heterocycles. The van der Waals surface area contributed by atoms with E-state index in [1.54, 1.807) is 0 Å². The Bertz CT molecular complexity index is 481. The van der Waals surface area contributed by atoms with Crippen molar-refractivity contribution in [3.05, 3.63) is 12.3 Å². The summed E-state index contributed by atoms with van der Waals surface area (Å²) in [7, 11) is -2.27. The van der Waals surface area contributed by atoms with E-state index in [4.69, 9.17) is 0 Å². The van der Waals surface area contributed by atoms with Crippen molar-refractivity contribution in [3.8, 4) is 0 Å². The number of carbonyl (C=O) groups excluding carboxylic acids is 1. The zero-order valence-electron chi connectivity index (χ0n) is 10.6. The lowest BCUT2D eigenvalue weighted by Crippen LogP contribution is -2.46. The Hall–Kier alpha value is -1.41. The van der Waals surface area contributed by atoms with Crippen LogP contribution in [-0.2, 0) is 14.8 Å². The van der Waals surface area contributed by atoms with Gasteiger partial charge in [-0.3, -0.25) is 9.89 Å². The van der Waals surface area contributed by atoms with Crippen LogP contribution in [0.25, 0.3) is 0 Å². The number of rotatable bonds is 6. The summed E-state index contributed by atoms with van der Waals surface area (Å²) in [4.78, 5) is 11.6. The zero-order chi connectivity index (χ0) is 13.8. The summed E-state index contributed by atoms with van der Waals surface area (Å²) in [5.41, 5.74) is 0. The maximum absolute atomic E-state index is 11.9. The first kappa shape index (κ1) is 14.7. The van der Waals surface area contributed by atoms with Gasteiger partial charge in [0.1, 0.15) is 6.04 Å². The van der Waals surface area contributed by atoms with Gasteiger partial charge in [-0.25, -0.2) is 8.42 Å². The van der Waals surface area contributed by atoms with E-state index in [-0.39, 0.29) is 16.9 Å². The molecule has 0 aliphatic heterocycles. The van der Waals surface area contributed by atoms with E-state index in [2.05, 4.69) is 20.2 Å². The number of likely N-dealkylation sites (N-methyl/N-ethyl adjacent to an activating group) is 1. The van der Waals surface area contributed by atoms with E-state index in [1.165, 1.54) is 19.3 Å². The number of aromatic nitrogens is 2. The second kappa shape index (κ2) is 5.96. The quantitative estimate of drug-likeness (QED) is 0.671. The van der Waals surface area contributed by atoms with Gasteiger partial charge in [-0.2, -0.15) is 9.82 Å². The normalized spacial score (nSPS) is 13.6. The van der Waals surface area contributed by atoms with Gasteiger partial charge in [-0.1, -0.05) is 13.8 Å². The molecule has 1 rings (SSSR count). The summed E-state index contributed by atoms with van der Waals surface area (Å²) in [5, 5.41) is 8.33. The lowest BCUT2D eigenvalue weighted by molar-refractivity contribution is -0.122. The molecule has 1 atom stereocenters. The molecule has 0 bridgehead atoms. The summed E-state index contributed by atoms with van der Waals surface area (Å²) in [5.74, 6) is -0.163. The highest BCUT2D eigenvalue weighted by Crippen LogP contribution is 2.09. The van der Waals surface area contributed by atoms with Crippen molar-refractivity contribution in [1.82, 2.24) is 20.2 Å². The van der Waals surface area contributed by atoms with Crippen molar-refractivity contribution in [2.24, 2.45) is 5.92 Å². The fourth-order valence-electron chi connectivity index (χ4n) is 1.50. The second-order valence-electron chi connectivity index (χ2n) is 4.34. The number of nitrogens with zero attached hydrogens (tertiary/aromatic N) is 1. The predicted molar refractivity (Wildman–Crippen MR) is 66.2 cm³/mol. The molecular weight excluding hydrogens is 256 g/mol. The molecule has 0 fully saturated rings. The number of nitrogens with one attached hydrogen (secondary N) is 3. The zero-order valence-corrected chi connectivity index (χ0v) is 11.4. The monoisotopic (exact) mass is 274 g/mol. The molecule has 1 unspecified atom stereocenters. The van der Waals surface area contributed by atoms with Crippen LogP contribution in [-0.4, -0.2) is 37.6 Å². The third kappa shape index (κ3) is 3.81. The van der Waals surface area contributed by atoms with Gasteiger partial charge in [0, 0.05) is 7.05 Å². The van der Waals surface area contributed by atoms with Crippen molar-refractivity contribution in [2.45, 2.75) is 31.3 Å². The molecule has 0 aliphatic carbocycles. The van der Waals surface area contributed by atoms with E-state index in [1.807, 2.05) is 13.8 Å². The lowest BCUT2D eigenvalue weighted by atomic mass is 10.0. The van der Waals surface area contributed by atoms with Crippen LogP contribution in [0.5, 0.6) is 0 Å². The van der Waals surface area contributed by atoms with Gasteiger partial charge in [0.15, 0.2) is 5.03 Å². The number of aromatic amines is 1. The van der Waals surface area contributed by atoms with Crippen LogP contribution in [0.15, 0.2) is 17.3 Å². The summed E-state index contributed by atoms with van der Waals surface area (Å²) < 4.78 is 26.3. The van der Waals surface area contributed by atoms with E-state index in [0.29, 0.717) is 6.42 Å². The SMILES string of the molecule is CNC(=O)C(CC(C)C)NS(=O)(=O)c1ccn[nH]1. The number of sulfonamides is 1. The minimum absolute atomic E-state index is 0.0554. The fraction of sp³-hybridized carbons (Fsp3) is 0.600. The highest BCUT2D eigenvalue weighted by Gasteiger charge is 2.26. The van der Waals surface area contributed by atoms with Crippen molar-refractivity contribution in [2.75, 3.05) is 7.05 Å². The smallest absolute Gasteiger partial charge is 0.258 e. The van der Waals surface area contributed by atoms with Gasteiger partial charge >= 0.3 is 0 Å². The van der Waals surface area contributed by atoms with E-state index in [9.17, 15) is 13.2 Å². The number of hydrogen-bond acceptors (Lipinski definition) is 4. The molecule has 1 aromatic rings. The molecule has 0 aliphatic rings. The predicted octanol–water partition coefficient (Wildman–Crippen LogP) is -0.151. The highest BCUT2D eigenvalue weighted by molar-refractivity contribution is 7.89. The van der Waals surface area contributed by atoms with Crippen LogP contribution in [0, 0.1) is 5.92 Å². The number of hydrogen-bond donors (Lipinski definition) is 3. The van der Waals surface area contributed by atoms with Crippen LogP contribution in [0.3, 0.4) is 0 Å². The average molecular weight is 274 g/mol. The van der Waals surface area contributed by atoms with Crippen LogP contribution < -0.4 is 10.0 Å². The van der Waals surface area contributed by atoms with Crippen LogP contribution in [0.1, 0.15) is 20.3 Å². The standard InChI is InChI=1S/C10H18N4O3S/c1-7(2)6-8(10(15)11-3)14-18(16,17)9-4-5-12-13-9/h4-5,7-8,14H,6H2,1-3H3,(H,11,15)(H,12,13). The Kier molecular flexibility index (Phi) is 4.85. The molecular formula is C10H18N4O3S. The molecule has 0 saturated carbocycles. The van der Waals surface area contributed by atoms with Crippen molar-refractivity contribution in [1.29, 1.82) is 0 Å². The molecule has 1 amide bonds. The molecule has 0 aromatic carbocycles. The van der Waals surface area contributed by atoms with Crippen LogP contribution >= 0.6 is 0 Å². The lowest BCUT2D eigenvalue weighted by Gasteiger charge is -2.18. The van der Waals surface area contributed by atoms with E-state index in [0.717, 1.165) is 0 Å². The number of H-pyrrole nitrogens is 1. The molecule has 102 valence electrons. The molecule has 1 aromatic heterocycles. The van der Waals surface area contributed by atoms with Crippen molar-refractivity contribution in [3.63, 3.8) is 0 Å². The van der Waals surface area contributed by atoms with Gasteiger partial charge in [0.05, 0.1) is 6.20 Å². The molecule has 0 saturated heterocycles. The Balaban J connectivity index is 2.86. The Morgan fingerprint density at radius 3 is 2.61 bits per heavy atom. The molecule has 0 radical (unpaired) electrons. The average Bonchev–Trinajstić information content (AvgIpc) is 2.80. The van der Waals surface area contributed by atoms with E-state index >= 15 is 0 Å². The van der Waals surface area contributed by atoms with Crippen molar-refractivity contribution < 1.29 is 13.2 Å². The van der Waals surface area contributed by atoms with Gasteiger partial charge in [-0.05, 0) is 18.4 Å². The molecule has 3 N–H and O–H groups in total. The van der Waals surface area contributed by atoms with Crippen LogP contribution in [0.2, 0.25) is 0 Å². The minimum Gasteiger partial charge on any atom is -0.358 e. The first-order valence-corrected chi connectivity index (χ1v) is 7.08. The Labute approximate surface area is 106 Å². The first-order chi connectivity index (χ1) is 8.36.